The number of halogens is 3. The number of nitrogens with one attached hydrogen (secondary N) is 2. The minimum atomic E-state index is -4.79. The summed E-state index contributed by atoms with van der Waals surface area (Å²) in [5.41, 5.74) is 0.664. The molecule has 7 nitrogen and oxygen atoms in total. The molecule has 0 aliphatic heterocycles. The van der Waals surface area contributed by atoms with Gasteiger partial charge in [-0.25, -0.2) is 4.98 Å². The number of para-hydroxylation sites is 1. The molecule has 0 amide bonds. The number of anilines is 3. The standard InChI is InChI=1S/C20H24F3N4O3/c21-20(22,23)30-18-9-5-4-8-15(18)12-25-19-10-16(17(13-26-19)27(28)29)24-11-14-6-2-1-3-7-14/h4-5,8-10,13-14,28H,1-3,6-7,11-12H2,(H2,24,25,26)/q-1. The van der Waals surface area contributed by atoms with Crippen LogP contribution in [0.15, 0.2) is 36.5 Å². The summed E-state index contributed by atoms with van der Waals surface area (Å²) in [5.74, 6) is 0.528. The van der Waals surface area contributed by atoms with Gasteiger partial charge in [0.2, 0.25) is 0 Å². The summed E-state index contributed by atoms with van der Waals surface area (Å²) < 4.78 is 41.8. The molecule has 0 bridgehead atoms. The molecule has 0 unspecified atom stereocenters. The maximum absolute atomic E-state index is 12.6. The van der Waals surface area contributed by atoms with Crippen LogP contribution in [0.5, 0.6) is 5.75 Å². The first kappa shape index (κ1) is 22.0. The van der Waals surface area contributed by atoms with Gasteiger partial charge >= 0.3 is 6.36 Å². The van der Waals surface area contributed by atoms with Crippen molar-refractivity contribution >= 4 is 17.2 Å². The summed E-state index contributed by atoms with van der Waals surface area (Å²) in [6, 6.07) is 7.35. The molecule has 1 heterocycles. The fraction of sp³-hybridized carbons (Fsp3) is 0.450. The molecule has 1 aromatic carbocycles. The van der Waals surface area contributed by atoms with Crippen molar-refractivity contribution in [3.8, 4) is 5.75 Å². The summed E-state index contributed by atoms with van der Waals surface area (Å²) in [7, 11) is 0. The Morgan fingerprint density at radius 1 is 1.17 bits per heavy atom. The number of aromatic nitrogens is 1. The minimum Gasteiger partial charge on any atom is -0.733 e. The second-order valence-electron chi connectivity index (χ2n) is 7.25. The highest BCUT2D eigenvalue weighted by atomic mass is 19.4. The monoisotopic (exact) mass is 425 g/mol. The van der Waals surface area contributed by atoms with Gasteiger partial charge < -0.3 is 25.8 Å². The Morgan fingerprint density at radius 2 is 1.90 bits per heavy atom. The van der Waals surface area contributed by atoms with Crippen LogP contribution in [0.25, 0.3) is 0 Å². The molecule has 1 aliphatic carbocycles. The van der Waals surface area contributed by atoms with E-state index in [9.17, 15) is 23.6 Å². The summed E-state index contributed by atoms with van der Waals surface area (Å²) in [4.78, 5) is 4.06. The SMILES string of the molecule is [O-]N(O)c1cnc(NCc2ccccc2OC(F)(F)F)cc1NCC1CCCCC1. The van der Waals surface area contributed by atoms with Crippen molar-refractivity contribution in [3.63, 3.8) is 0 Å². The number of hydrogen-bond acceptors (Lipinski definition) is 7. The zero-order valence-electron chi connectivity index (χ0n) is 16.3. The first-order valence-corrected chi connectivity index (χ1v) is 9.79. The lowest BCUT2D eigenvalue weighted by Crippen LogP contribution is -2.19. The van der Waals surface area contributed by atoms with Crippen molar-refractivity contribution in [2.24, 2.45) is 5.92 Å². The number of benzene rings is 1. The number of hydrogen-bond donors (Lipinski definition) is 3. The third-order valence-corrected chi connectivity index (χ3v) is 5.05. The molecule has 10 heteroatoms. The average molecular weight is 425 g/mol. The van der Waals surface area contributed by atoms with Crippen LogP contribution in [0, 0.1) is 11.1 Å². The highest BCUT2D eigenvalue weighted by molar-refractivity contribution is 5.71. The van der Waals surface area contributed by atoms with Crippen molar-refractivity contribution in [3.05, 3.63) is 47.3 Å². The summed E-state index contributed by atoms with van der Waals surface area (Å²) in [6.07, 6.45) is 2.21. The molecule has 164 valence electrons. The van der Waals surface area contributed by atoms with Gasteiger partial charge in [-0.3, -0.25) is 5.21 Å². The largest absolute Gasteiger partial charge is 0.733 e. The zero-order valence-corrected chi connectivity index (χ0v) is 16.3. The average Bonchev–Trinajstić information content (AvgIpc) is 2.71. The van der Waals surface area contributed by atoms with E-state index in [0.717, 1.165) is 12.8 Å². The first-order chi connectivity index (χ1) is 14.3. The fourth-order valence-corrected chi connectivity index (χ4v) is 3.54. The summed E-state index contributed by atoms with van der Waals surface area (Å²) >= 11 is 0. The van der Waals surface area contributed by atoms with E-state index >= 15 is 0 Å². The van der Waals surface area contributed by atoms with E-state index < -0.39 is 6.36 Å². The Morgan fingerprint density at radius 3 is 2.60 bits per heavy atom. The Hall–Kier alpha value is -2.72. The second kappa shape index (κ2) is 9.86. The van der Waals surface area contributed by atoms with Crippen LogP contribution in [0.1, 0.15) is 37.7 Å². The maximum atomic E-state index is 12.6. The number of pyridine rings is 1. The molecule has 1 saturated carbocycles. The molecule has 1 aromatic heterocycles. The molecule has 1 fully saturated rings. The first-order valence-electron chi connectivity index (χ1n) is 9.79. The predicted octanol–water partition coefficient (Wildman–Crippen LogP) is 5.28. The lowest BCUT2D eigenvalue weighted by atomic mass is 9.89. The number of nitrogens with zero attached hydrogens (tertiary/aromatic N) is 2. The Labute approximate surface area is 172 Å². The highest BCUT2D eigenvalue weighted by Gasteiger charge is 2.31. The van der Waals surface area contributed by atoms with E-state index in [1.165, 1.54) is 43.7 Å². The van der Waals surface area contributed by atoms with E-state index in [1.54, 1.807) is 12.1 Å². The molecule has 0 radical (unpaired) electrons. The van der Waals surface area contributed by atoms with E-state index in [2.05, 4.69) is 20.4 Å². The molecule has 3 N–H and O–H groups in total. The number of ether oxygens (including phenoxy) is 1. The summed E-state index contributed by atoms with van der Waals surface area (Å²) in [6.45, 7) is 0.688. The van der Waals surface area contributed by atoms with E-state index in [1.807, 2.05) is 0 Å². The topological polar surface area (TPSA) is 92.7 Å². The van der Waals surface area contributed by atoms with E-state index in [4.69, 9.17) is 0 Å². The third-order valence-electron chi connectivity index (χ3n) is 5.05. The van der Waals surface area contributed by atoms with Crippen molar-refractivity contribution < 1.29 is 23.1 Å². The van der Waals surface area contributed by atoms with Gasteiger partial charge in [-0.2, -0.15) is 0 Å². The molecule has 1 aliphatic rings. The quantitative estimate of drug-likeness (QED) is 0.496. The summed E-state index contributed by atoms with van der Waals surface area (Å²) in [5, 5.41) is 26.6. The molecule has 2 aromatic rings. The second-order valence-corrected chi connectivity index (χ2v) is 7.25. The predicted molar refractivity (Wildman–Crippen MR) is 107 cm³/mol. The molecule has 3 rings (SSSR count). The van der Waals surface area contributed by atoms with Gasteiger partial charge in [0.05, 0.1) is 17.6 Å². The van der Waals surface area contributed by atoms with Gasteiger partial charge in [0, 0.05) is 24.7 Å². The smallest absolute Gasteiger partial charge is 0.573 e. The third kappa shape index (κ3) is 6.39. The van der Waals surface area contributed by atoms with Gasteiger partial charge in [-0.15, -0.1) is 13.2 Å². The Balaban J connectivity index is 1.69. The van der Waals surface area contributed by atoms with Crippen LogP contribution in [0.2, 0.25) is 0 Å². The van der Waals surface area contributed by atoms with E-state index in [-0.39, 0.29) is 23.2 Å². The molecule has 0 saturated heterocycles. The maximum Gasteiger partial charge on any atom is 0.573 e. The van der Waals surface area contributed by atoms with Crippen molar-refractivity contribution in [1.29, 1.82) is 0 Å². The van der Waals surface area contributed by atoms with Crippen LogP contribution in [0.4, 0.5) is 30.4 Å². The fourth-order valence-electron chi connectivity index (χ4n) is 3.54. The van der Waals surface area contributed by atoms with Crippen LogP contribution in [-0.2, 0) is 6.54 Å². The lowest BCUT2D eigenvalue weighted by molar-refractivity contribution is -0.274. The zero-order chi connectivity index (χ0) is 21.6. The van der Waals surface area contributed by atoms with Gasteiger partial charge in [0.1, 0.15) is 11.6 Å². The number of rotatable bonds is 8. The van der Waals surface area contributed by atoms with E-state index in [0.29, 0.717) is 29.5 Å². The van der Waals surface area contributed by atoms with Crippen LogP contribution in [-0.4, -0.2) is 23.1 Å². The van der Waals surface area contributed by atoms with Crippen molar-refractivity contribution in [2.45, 2.75) is 45.0 Å². The highest BCUT2D eigenvalue weighted by Crippen LogP contribution is 2.30. The van der Waals surface area contributed by atoms with Gasteiger partial charge in [0.25, 0.3) is 0 Å². The molecular weight excluding hydrogens is 401 g/mol. The Bertz CT molecular complexity index is 827. The van der Waals surface area contributed by atoms with Crippen LogP contribution < -0.4 is 20.6 Å². The van der Waals surface area contributed by atoms with Gasteiger partial charge in [0.15, 0.2) is 0 Å². The molecule has 0 atom stereocenters. The van der Waals surface area contributed by atoms with Crippen molar-refractivity contribution in [2.75, 3.05) is 22.4 Å². The van der Waals surface area contributed by atoms with Gasteiger partial charge in [-0.1, -0.05) is 37.5 Å². The van der Waals surface area contributed by atoms with Crippen LogP contribution >= 0.6 is 0 Å². The minimum absolute atomic E-state index is 0.0287. The van der Waals surface area contributed by atoms with Crippen LogP contribution in [0.3, 0.4) is 0 Å². The van der Waals surface area contributed by atoms with Gasteiger partial charge in [-0.05, 0) is 24.8 Å². The molecular formula is C20H24F3N4O3-. The normalized spacial score (nSPS) is 15.0. The Kier molecular flexibility index (Phi) is 7.22. The number of alkyl halides is 3. The lowest BCUT2D eigenvalue weighted by Gasteiger charge is -2.27. The molecule has 0 spiro atoms. The molecule has 30 heavy (non-hydrogen) atoms. The van der Waals surface area contributed by atoms with Crippen molar-refractivity contribution in [1.82, 2.24) is 4.98 Å².